The molecule has 0 saturated carbocycles. The number of rotatable bonds is 4. The van der Waals surface area contributed by atoms with E-state index in [0.717, 1.165) is 5.56 Å². The number of ether oxygens (including phenoxy) is 3. The molecule has 25 heavy (non-hydrogen) atoms. The van der Waals surface area contributed by atoms with E-state index in [1.807, 2.05) is 44.2 Å². The van der Waals surface area contributed by atoms with Gasteiger partial charge in [0.1, 0.15) is 19.3 Å². The van der Waals surface area contributed by atoms with Crippen molar-refractivity contribution in [2.45, 2.75) is 32.3 Å². The van der Waals surface area contributed by atoms with Crippen molar-refractivity contribution < 1.29 is 23.8 Å². The van der Waals surface area contributed by atoms with Crippen molar-refractivity contribution in [2.24, 2.45) is 0 Å². The Morgan fingerprint density at radius 1 is 1.28 bits per heavy atom. The molecule has 2 heterocycles. The third-order valence-corrected chi connectivity index (χ3v) is 4.27. The van der Waals surface area contributed by atoms with Crippen LogP contribution in [0.5, 0.6) is 0 Å². The Kier molecular flexibility index (Phi) is 5.24. The molecular formula is C18H24N2O5. The normalized spacial score (nSPS) is 23.0. The highest BCUT2D eigenvalue weighted by molar-refractivity contribution is 5.83. The van der Waals surface area contributed by atoms with Gasteiger partial charge in [0.25, 0.3) is 0 Å². The highest BCUT2D eigenvalue weighted by Crippen LogP contribution is 2.23. The molecule has 7 heteroatoms. The molecule has 7 nitrogen and oxygen atoms in total. The van der Waals surface area contributed by atoms with E-state index in [0.29, 0.717) is 26.2 Å². The summed E-state index contributed by atoms with van der Waals surface area (Å²) in [5.74, 6) is -0.701. The maximum absolute atomic E-state index is 12.3. The number of hydrogen-bond donors (Lipinski definition) is 0. The molecule has 0 aromatic heterocycles. The van der Waals surface area contributed by atoms with Crippen LogP contribution in [0.2, 0.25) is 0 Å². The van der Waals surface area contributed by atoms with Crippen LogP contribution in [0.4, 0.5) is 4.79 Å². The van der Waals surface area contributed by atoms with E-state index in [-0.39, 0.29) is 25.2 Å². The van der Waals surface area contributed by atoms with Gasteiger partial charge in [0.05, 0.1) is 6.61 Å². The van der Waals surface area contributed by atoms with Crippen LogP contribution in [-0.2, 0) is 25.6 Å². The molecule has 2 aliphatic heterocycles. The number of hydrogen-bond acceptors (Lipinski definition) is 5. The summed E-state index contributed by atoms with van der Waals surface area (Å²) in [5, 5.41) is 0. The predicted octanol–water partition coefficient (Wildman–Crippen LogP) is 1.62. The summed E-state index contributed by atoms with van der Waals surface area (Å²) in [4.78, 5) is 27.6. The third-order valence-electron chi connectivity index (χ3n) is 4.27. The SMILES string of the molecule is CC1(C)OC[C@@H](CN2CCN(C(=O)OCc3ccccc3)CC2=O)O1. The standard InChI is InChI=1S/C18H24N2O5/c1-18(2)24-13-15(25-18)10-19-8-9-20(11-16(19)21)17(22)23-12-14-6-4-3-5-7-14/h3-7,15H,8-13H2,1-2H3/t15-/m1/s1. The first-order valence-electron chi connectivity index (χ1n) is 8.48. The summed E-state index contributed by atoms with van der Waals surface area (Å²) in [5.41, 5.74) is 0.918. The molecule has 3 rings (SSSR count). The summed E-state index contributed by atoms with van der Waals surface area (Å²) in [6.45, 7) is 5.83. The first-order chi connectivity index (χ1) is 11.9. The number of piperazine rings is 1. The highest BCUT2D eigenvalue weighted by atomic mass is 16.7. The van der Waals surface area contributed by atoms with Gasteiger partial charge in [0.15, 0.2) is 5.79 Å². The van der Waals surface area contributed by atoms with Crippen molar-refractivity contribution in [3.8, 4) is 0 Å². The van der Waals surface area contributed by atoms with Crippen LogP contribution in [0.1, 0.15) is 19.4 Å². The third kappa shape index (κ3) is 4.70. The number of nitrogens with zero attached hydrogens (tertiary/aromatic N) is 2. The molecule has 0 N–H and O–H groups in total. The van der Waals surface area contributed by atoms with E-state index in [9.17, 15) is 9.59 Å². The van der Waals surface area contributed by atoms with Crippen LogP contribution in [0.25, 0.3) is 0 Å². The van der Waals surface area contributed by atoms with E-state index in [4.69, 9.17) is 14.2 Å². The Morgan fingerprint density at radius 2 is 2.04 bits per heavy atom. The quantitative estimate of drug-likeness (QED) is 0.827. The summed E-state index contributed by atoms with van der Waals surface area (Å²) in [7, 11) is 0. The fourth-order valence-electron chi connectivity index (χ4n) is 2.97. The zero-order valence-electron chi connectivity index (χ0n) is 14.6. The van der Waals surface area contributed by atoms with Gasteiger partial charge >= 0.3 is 6.09 Å². The van der Waals surface area contributed by atoms with Gasteiger partial charge < -0.3 is 19.1 Å². The minimum Gasteiger partial charge on any atom is -0.445 e. The maximum Gasteiger partial charge on any atom is 0.410 e. The van der Waals surface area contributed by atoms with Crippen LogP contribution in [-0.4, -0.2) is 66.5 Å². The van der Waals surface area contributed by atoms with Crippen LogP contribution in [0, 0.1) is 0 Å². The van der Waals surface area contributed by atoms with E-state index >= 15 is 0 Å². The van der Waals surface area contributed by atoms with Gasteiger partial charge in [-0.1, -0.05) is 30.3 Å². The first-order valence-corrected chi connectivity index (χ1v) is 8.48. The second-order valence-corrected chi connectivity index (χ2v) is 6.75. The lowest BCUT2D eigenvalue weighted by Gasteiger charge is -2.34. The molecular weight excluding hydrogens is 324 g/mol. The molecule has 2 aliphatic rings. The smallest absolute Gasteiger partial charge is 0.410 e. The molecule has 0 aliphatic carbocycles. The molecule has 2 fully saturated rings. The Bertz CT molecular complexity index is 619. The van der Waals surface area contributed by atoms with Crippen LogP contribution in [0.3, 0.4) is 0 Å². The zero-order valence-corrected chi connectivity index (χ0v) is 14.6. The Hall–Kier alpha value is -2.12. The van der Waals surface area contributed by atoms with Crippen molar-refractivity contribution in [1.29, 1.82) is 0 Å². The average Bonchev–Trinajstić information content (AvgIpc) is 2.94. The van der Waals surface area contributed by atoms with Gasteiger partial charge in [0, 0.05) is 19.6 Å². The van der Waals surface area contributed by atoms with Gasteiger partial charge in [-0.3, -0.25) is 9.69 Å². The van der Waals surface area contributed by atoms with E-state index in [1.165, 1.54) is 4.90 Å². The molecule has 2 saturated heterocycles. The molecule has 1 atom stereocenters. The fraction of sp³-hybridized carbons (Fsp3) is 0.556. The molecule has 1 aromatic carbocycles. The number of amides is 2. The summed E-state index contributed by atoms with van der Waals surface area (Å²) in [6, 6.07) is 9.47. The Morgan fingerprint density at radius 3 is 2.68 bits per heavy atom. The summed E-state index contributed by atoms with van der Waals surface area (Å²) >= 11 is 0. The summed E-state index contributed by atoms with van der Waals surface area (Å²) < 4.78 is 16.5. The van der Waals surface area contributed by atoms with Gasteiger partial charge in [-0.15, -0.1) is 0 Å². The van der Waals surface area contributed by atoms with Crippen molar-refractivity contribution >= 4 is 12.0 Å². The average molecular weight is 348 g/mol. The van der Waals surface area contributed by atoms with E-state index < -0.39 is 11.9 Å². The van der Waals surface area contributed by atoms with Gasteiger partial charge in [0.2, 0.25) is 5.91 Å². The molecule has 136 valence electrons. The van der Waals surface area contributed by atoms with Gasteiger partial charge in [-0.2, -0.15) is 0 Å². The van der Waals surface area contributed by atoms with Crippen molar-refractivity contribution in [1.82, 2.24) is 9.80 Å². The molecule has 2 amide bonds. The van der Waals surface area contributed by atoms with E-state index in [1.54, 1.807) is 4.90 Å². The first kappa shape index (κ1) is 17.7. The minimum absolute atomic E-state index is 0.0323. The second-order valence-electron chi connectivity index (χ2n) is 6.75. The number of benzene rings is 1. The monoisotopic (exact) mass is 348 g/mol. The fourth-order valence-corrected chi connectivity index (χ4v) is 2.97. The minimum atomic E-state index is -0.600. The van der Waals surface area contributed by atoms with Crippen molar-refractivity contribution in [2.75, 3.05) is 32.8 Å². The highest BCUT2D eigenvalue weighted by Gasteiger charge is 2.36. The number of carbonyl (C=O) groups is 2. The molecule has 1 aromatic rings. The topological polar surface area (TPSA) is 68.3 Å². The number of carbonyl (C=O) groups excluding carboxylic acids is 2. The molecule has 0 bridgehead atoms. The lowest BCUT2D eigenvalue weighted by Crippen LogP contribution is -2.54. The molecule has 0 spiro atoms. The predicted molar refractivity (Wildman–Crippen MR) is 89.7 cm³/mol. The second kappa shape index (κ2) is 7.41. The zero-order chi connectivity index (χ0) is 17.9. The van der Waals surface area contributed by atoms with Gasteiger partial charge in [-0.05, 0) is 19.4 Å². The van der Waals surface area contributed by atoms with Crippen LogP contribution >= 0.6 is 0 Å². The largest absolute Gasteiger partial charge is 0.445 e. The van der Waals surface area contributed by atoms with Gasteiger partial charge in [-0.25, -0.2) is 4.79 Å². The maximum atomic E-state index is 12.3. The lowest BCUT2D eigenvalue weighted by atomic mass is 10.2. The van der Waals surface area contributed by atoms with Crippen LogP contribution < -0.4 is 0 Å². The van der Waals surface area contributed by atoms with E-state index in [2.05, 4.69) is 0 Å². The van der Waals surface area contributed by atoms with Crippen molar-refractivity contribution in [3.05, 3.63) is 35.9 Å². The Balaban J connectivity index is 1.45. The Labute approximate surface area is 147 Å². The molecule has 0 radical (unpaired) electrons. The molecule has 0 unspecified atom stereocenters. The summed E-state index contributed by atoms with van der Waals surface area (Å²) in [6.07, 6.45) is -0.589. The van der Waals surface area contributed by atoms with Crippen LogP contribution in [0.15, 0.2) is 30.3 Å². The lowest BCUT2D eigenvalue weighted by molar-refractivity contribution is -0.148. The van der Waals surface area contributed by atoms with Crippen molar-refractivity contribution in [3.63, 3.8) is 0 Å².